The lowest BCUT2D eigenvalue weighted by atomic mass is 10.1. The number of aromatic hydroxyl groups is 2. The maximum absolute atomic E-state index is 12.0. The highest BCUT2D eigenvalue weighted by Gasteiger charge is 2.09. The van der Waals surface area contributed by atoms with Gasteiger partial charge in [-0.3, -0.25) is 4.79 Å². The minimum Gasteiger partial charge on any atom is -0.508 e. The van der Waals surface area contributed by atoms with E-state index in [9.17, 15) is 15.0 Å². The first-order valence-corrected chi connectivity index (χ1v) is 7.38. The summed E-state index contributed by atoms with van der Waals surface area (Å²) >= 11 is 0. The Kier molecular flexibility index (Phi) is 5.55. The fourth-order valence-corrected chi connectivity index (χ4v) is 2.20. The number of Topliss-reactive ketones (excluding diaryl/α,β-unsaturated/α-hetero) is 1. The summed E-state index contributed by atoms with van der Waals surface area (Å²) in [4.78, 5) is 12.0. The molecule has 2 rings (SSSR count). The highest BCUT2D eigenvalue weighted by atomic mass is 16.3. The molecule has 0 aromatic heterocycles. The molecule has 2 aromatic carbocycles. The normalized spacial score (nSPS) is 12.0. The van der Waals surface area contributed by atoms with Gasteiger partial charge in [-0.05, 0) is 49.6 Å². The summed E-state index contributed by atoms with van der Waals surface area (Å²) in [5, 5.41) is 21.8. The molecule has 4 heteroatoms. The molecule has 0 fully saturated rings. The van der Waals surface area contributed by atoms with Crippen LogP contribution in [0.15, 0.2) is 48.5 Å². The third-order valence-electron chi connectivity index (χ3n) is 3.58. The molecule has 0 amide bonds. The van der Waals surface area contributed by atoms with Crippen molar-refractivity contribution < 1.29 is 15.0 Å². The number of nitrogens with one attached hydrogen (secondary N) is 1. The lowest BCUT2D eigenvalue weighted by Crippen LogP contribution is -2.31. The summed E-state index contributed by atoms with van der Waals surface area (Å²) in [6, 6.07) is 13.8. The Labute approximate surface area is 130 Å². The van der Waals surface area contributed by atoms with Crippen LogP contribution in [-0.2, 0) is 6.42 Å². The van der Waals surface area contributed by atoms with Crippen LogP contribution in [0.5, 0.6) is 11.5 Å². The molecule has 3 N–H and O–H groups in total. The SMILES string of the molecule is C[C@H](CCc1ccc(O)cc1)NCC(=O)c1cccc(O)c1. The smallest absolute Gasteiger partial charge is 0.176 e. The third kappa shape index (κ3) is 4.90. The van der Waals surface area contributed by atoms with Crippen molar-refractivity contribution in [2.45, 2.75) is 25.8 Å². The highest BCUT2D eigenvalue weighted by Crippen LogP contribution is 2.13. The van der Waals surface area contributed by atoms with Crippen molar-refractivity contribution in [1.82, 2.24) is 5.32 Å². The topological polar surface area (TPSA) is 69.6 Å². The molecular formula is C18H21NO3. The van der Waals surface area contributed by atoms with Crippen molar-refractivity contribution in [1.29, 1.82) is 0 Å². The van der Waals surface area contributed by atoms with Gasteiger partial charge in [0.1, 0.15) is 11.5 Å². The van der Waals surface area contributed by atoms with Crippen molar-refractivity contribution in [2.75, 3.05) is 6.54 Å². The standard InChI is InChI=1S/C18H21NO3/c1-13(5-6-14-7-9-16(20)10-8-14)19-12-18(22)15-3-2-4-17(21)11-15/h2-4,7-11,13,19-21H,5-6,12H2,1H3/t13-/m1/s1. The Morgan fingerprint density at radius 1 is 1.09 bits per heavy atom. The van der Waals surface area contributed by atoms with Gasteiger partial charge in [-0.25, -0.2) is 0 Å². The maximum atomic E-state index is 12.0. The Morgan fingerprint density at radius 2 is 1.82 bits per heavy atom. The summed E-state index contributed by atoms with van der Waals surface area (Å²) in [5.74, 6) is 0.338. The Balaban J connectivity index is 1.76. The summed E-state index contributed by atoms with van der Waals surface area (Å²) < 4.78 is 0. The average Bonchev–Trinajstić information content (AvgIpc) is 2.52. The molecule has 0 aliphatic rings. The summed E-state index contributed by atoms with van der Waals surface area (Å²) in [6.07, 6.45) is 1.78. The summed E-state index contributed by atoms with van der Waals surface area (Å²) in [5.41, 5.74) is 1.67. The van der Waals surface area contributed by atoms with E-state index in [1.165, 1.54) is 6.07 Å². The molecule has 0 radical (unpaired) electrons. The van der Waals surface area contributed by atoms with Gasteiger partial charge in [0.05, 0.1) is 6.54 Å². The number of carbonyl (C=O) groups is 1. The van der Waals surface area contributed by atoms with Crippen LogP contribution in [0, 0.1) is 0 Å². The minimum absolute atomic E-state index is 0.0348. The van der Waals surface area contributed by atoms with Crippen LogP contribution in [0.1, 0.15) is 29.3 Å². The summed E-state index contributed by atoms with van der Waals surface area (Å²) in [7, 11) is 0. The summed E-state index contributed by atoms with van der Waals surface area (Å²) in [6.45, 7) is 2.29. The molecule has 0 bridgehead atoms. The van der Waals surface area contributed by atoms with Crippen LogP contribution in [-0.4, -0.2) is 28.6 Å². The van der Waals surface area contributed by atoms with E-state index in [1.54, 1.807) is 30.3 Å². The first-order valence-electron chi connectivity index (χ1n) is 7.38. The zero-order valence-corrected chi connectivity index (χ0v) is 12.6. The van der Waals surface area contributed by atoms with Crippen molar-refractivity contribution in [3.63, 3.8) is 0 Å². The van der Waals surface area contributed by atoms with Crippen molar-refractivity contribution >= 4 is 5.78 Å². The van der Waals surface area contributed by atoms with Gasteiger partial charge >= 0.3 is 0 Å². The van der Waals surface area contributed by atoms with Gasteiger partial charge in [0.15, 0.2) is 5.78 Å². The molecule has 0 saturated heterocycles. The predicted octanol–water partition coefficient (Wildman–Crippen LogP) is 2.89. The molecule has 0 aliphatic heterocycles. The number of carbonyl (C=O) groups excluding carboxylic acids is 1. The van der Waals surface area contributed by atoms with E-state index in [-0.39, 0.29) is 29.9 Å². The molecule has 4 nitrogen and oxygen atoms in total. The Bertz CT molecular complexity index is 622. The Hall–Kier alpha value is -2.33. The quantitative estimate of drug-likeness (QED) is 0.688. The van der Waals surface area contributed by atoms with Gasteiger partial charge < -0.3 is 15.5 Å². The van der Waals surface area contributed by atoms with E-state index in [4.69, 9.17) is 0 Å². The molecule has 0 heterocycles. The lowest BCUT2D eigenvalue weighted by Gasteiger charge is -2.13. The minimum atomic E-state index is -0.0348. The predicted molar refractivity (Wildman–Crippen MR) is 86.3 cm³/mol. The van der Waals surface area contributed by atoms with Crippen molar-refractivity contribution in [3.05, 3.63) is 59.7 Å². The largest absolute Gasteiger partial charge is 0.508 e. The number of phenolic OH excluding ortho intramolecular Hbond substituents is 2. The van der Waals surface area contributed by atoms with Crippen LogP contribution >= 0.6 is 0 Å². The molecular weight excluding hydrogens is 278 g/mol. The third-order valence-corrected chi connectivity index (χ3v) is 3.58. The molecule has 1 atom stereocenters. The van der Waals surface area contributed by atoms with Crippen molar-refractivity contribution in [3.8, 4) is 11.5 Å². The van der Waals surface area contributed by atoms with E-state index in [0.29, 0.717) is 5.56 Å². The van der Waals surface area contributed by atoms with Gasteiger partial charge in [0.25, 0.3) is 0 Å². The second kappa shape index (κ2) is 7.61. The number of benzene rings is 2. The number of hydrogen-bond donors (Lipinski definition) is 3. The first kappa shape index (κ1) is 16.0. The zero-order chi connectivity index (χ0) is 15.9. The van der Waals surface area contributed by atoms with Crippen LogP contribution in [0.25, 0.3) is 0 Å². The fraction of sp³-hybridized carbons (Fsp3) is 0.278. The molecule has 0 unspecified atom stereocenters. The number of phenols is 2. The zero-order valence-electron chi connectivity index (χ0n) is 12.6. The molecule has 22 heavy (non-hydrogen) atoms. The number of aryl methyl sites for hydroxylation is 1. The first-order chi connectivity index (χ1) is 10.5. The van der Waals surface area contributed by atoms with E-state index in [1.807, 2.05) is 19.1 Å². The monoisotopic (exact) mass is 299 g/mol. The molecule has 0 aliphatic carbocycles. The second-order valence-corrected chi connectivity index (χ2v) is 5.46. The number of ketones is 1. The Morgan fingerprint density at radius 3 is 2.50 bits per heavy atom. The number of rotatable bonds is 7. The number of hydrogen-bond acceptors (Lipinski definition) is 4. The van der Waals surface area contributed by atoms with Gasteiger partial charge in [0, 0.05) is 11.6 Å². The van der Waals surface area contributed by atoms with Crippen molar-refractivity contribution in [2.24, 2.45) is 0 Å². The van der Waals surface area contributed by atoms with Crippen LogP contribution < -0.4 is 5.32 Å². The van der Waals surface area contributed by atoms with Crippen LogP contribution in [0.3, 0.4) is 0 Å². The average molecular weight is 299 g/mol. The van der Waals surface area contributed by atoms with E-state index in [0.717, 1.165) is 18.4 Å². The van der Waals surface area contributed by atoms with E-state index in [2.05, 4.69) is 5.32 Å². The van der Waals surface area contributed by atoms with Crippen LogP contribution in [0.2, 0.25) is 0 Å². The maximum Gasteiger partial charge on any atom is 0.176 e. The molecule has 0 spiro atoms. The molecule has 2 aromatic rings. The second-order valence-electron chi connectivity index (χ2n) is 5.46. The van der Waals surface area contributed by atoms with Gasteiger partial charge in [0.2, 0.25) is 0 Å². The van der Waals surface area contributed by atoms with Gasteiger partial charge in [-0.15, -0.1) is 0 Å². The fourth-order valence-electron chi connectivity index (χ4n) is 2.20. The lowest BCUT2D eigenvalue weighted by molar-refractivity contribution is 0.0987. The highest BCUT2D eigenvalue weighted by molar-refractivity contribution is 5.97. The van der Waals surface area contributed by atoms with E-state index >= 15 is 0 Å². The van der Waals surface area contributed by atoms with E-state index < -0.39 is 0 Å². The van der Waals surface area contributed by atoms with Gasteiger partial charge in [-0.1, -0.05) is 24.3 Å². The molecule has 116 valence electrons. The van der Waals surface area contributed by atoms with Gasteiger partial charge in [-0.2, -0.15) is 0 Å². The molecule has 0 saturated carbocycles. The van der Waals surface area contributed by atoms with Crippen LogP contribution in [0.4, 0.5) is 0 Å².